The molecule has 2 aliphatic rings. The molecule has 2 aromatic carbocycles. The fourth-order valence-corrected chi connectivity index (χ4v) is 5.62. The molecule has 2 aromatic rings. The number of carbonyl (C=O) groups excluding carboxylic acids is 1. The summed E-state index contributed by atoms with van der Waals surface area (Å²) in [5.41, 5.74) is 4.69. The van der Waals surface area contributed by atoms with Gasteiger partial charge in [0.2, 0.25) is 5.91 Å². The van der Waals surface area contributed by atoms with E-state index < -0.39 is 5.97 Å². The maximum Gasteiger partial charge on any atom is 0.320 e. The van der Waals surface area contributed by atoms with Gasteiger partial charge in [0.15, 0.2) is 0 Å². The van der Waals surface area contributed by atoms with Crippen LogP contribution in [-0.4, -0.2) is 83.1 Å². The topological polar surface area (TPSA) is 76.1 Å². The molecule has 0 radical (unpaired) electrons. The van der Waals surface area contributed by atoms with E-state index >= 15 is 0 Å². The second kappa shape index (κ2) is 17.1. The van der Waals surface area contributed by atoms with Gasteiger partial charge in [-0.05, 0) is 70.1 Å². The van der Waals surface area contributed by atoms with E-state index in [2.05, 4.69) is 34.3 Å². The number of aliphatic carboxylic acids is 1. The third-order valence-corrected chi connectivity index (χ3v) is 7.80. The zero-order valence-corrected chi connectivity index (χ0v) is 23.9. The Balaban J connectivity index is 0.000000617. The van der Waals surface area contributed by atoms with Crippen molar-refractivity contribution >= 4 is 11.9 Å². The van der Waals surface area contributed by atoms with E-state index in [1.54, 1.807) is 5.01 Å². The molecular weight excluding hydrogens is 488 g/mol. The van der Waals surface area contributed by atoms with Gasteiger partial charge in [0, 0.05) is 32.1 Å². The molecule has 39 heavy (non-hydrogen) atoms. The summed E-state index contributed by atoms with van der Waals surface area (Å²) in [4.78, 5) is 29.0. The average Bonchev–Trinajstić information content (AvgIpc) is 3.43. The lowest BCUT2D eigenvalue weighted by atomic mass is 10.0. The summed E-state index contributed by atoms with van der Waals surface area (Å²) in [5.74, 6) is 0.0398. The minimum Gasteiger partial charge on any atom is -0.480 e. The van der Waals surface area contributed by atoms with Gasteiger partial charge in [-0.2, -0.15) is 0 Å². The second-order valence-electron chi connectivity index (χ2n) is 10.8. The summed E-state index contributed by atoms with van der Waals surface area (Å²) in [5, 5.41) is 11.3. The number of nitrogens with one attached hydrogen (secondary N) is 1. The molecule has 0 spiro atoms. The number of hydrazine groups is 1. The van der Waals surface area contributed by atoms with Crippen LogP contribution in [0.15, 0.2) is 66.7 Å². The Bertz CT molecular complexity index is 924. The molecule has 0 aromatic heterocycles. The largest absolute Gasteiger partial charge is 0.480 e. The first-order valence-electron chi connectivity index (χ1n) is 14.8. The van der Waals surface area contributed by atoms with E-state index in [9.17, 15) is 14.7 Å². The van der Waals surface area contributed by atoms with Crippen LogP contribution in [0.1, 0.15) is 57.9 Å². The van der Waals surface area contributed by atoms with Gasteiger partial charge in [-0.1, -0.05) is 80.1 Å². The molecule has 2 N–H and O–H groups in total. The van der Waals surface area contributed by atoms with Crippen LogP contribution in [-0.2, 0) is 16.0 Å². The van der Waals surface area contributed by atoms with Gasteiger partial charge in [-0.15, -0.1) is 0 Å². The summed E-state index contributed by atoms with van der Waals surface area (Å²) < 4.78 is 0. The number of carbonyl (C=O) groups is 2. The predicted molar refractivity (Wildman–Crippen MR) is 157 cm³/mol. The molecule has 214 valence electrons. The van der Waals surface area contributed by atoms with Crippen LogP contribution in [0.3, 0.4) is 0 Å². The van der Waals surface area contributed by atoms with Crippen molar-refractivity contribution in [3.8, 4) is 0 Å². The number of hydrogen-bond acceptors (Lipinski definition) is 5. The lowest BCUT2D eigenvalue weighted by Gasteiger charge is -2.36. The molecule has 7 heteroatoms. The fraction of sp³-hybridized carbons (Fsp3) is 0.562. The first-order chi connectivity index (χ1) is 19.0. The molecule has 2 unspecified atom stereocenters. The van der Waals surface area contributed by atoms with Crippen LogP contribution in [0.4, 0.5) is 0 Å². The van der Waals surface area contributed by atoms with E-state index in [1.807, 2.05) is 61.5 Å². The number of carboxylic acids is 1. The summed E-state index contributed by atoms with van der Waals surface area (Å²) >= 11 is 0. The molecule has 2 fully saturated rings. The van der Waals surface area contributed by atoms with Crippen molar-refractivity contribution in [3.05, 3.63) is 72.3 Å². The van der Waals surface area contributed by atoms with Gasteiger partial charge < -0.3 is 10.0 Å². The monoisotopic (exact) mass is 536 g/mol. The van der Waals surface area contributed by atoms with Crippen molar-refractivity contribution < 1.29 is 14.7 Å². The molecule has 4 rings (SSSR count). The second-order valence-corrected chi connectivity index (χ2v) is 10.8. The smallest absolute Gasteiger partial charge is 0.320 e. The zero-order valence-electron chi connectivity index (χ0n) is 23.9. The Hall–Kier alpha value is -2.74. The third kappa shape index (κ3) is 10.7. The van der Waals surface area contributed by atoms with E-state index in [-0.39, 0.29) is 11.9 Å². The summed E-state index contributed by atoms with van der Waals surface area (Å²) in [6.07, 6.45) is 6.09. The maximum absolute atomic E-state index is 12.7. The lowest BCUT2D eigenvalue weighted by Crippen LogP contribution is -2.52. The summed E-state index contributed by atoms with van der Waals surface area (Å²) in [6, 6.07) is 22.2. The van der Waals surface area contributed by atoms with Crippen LogP contribution in [0, 0.1) is 5.92 Å². The molecule has 2 heterocycles. The molecular formula is C32H48N4O3. The van der Waals surface area contributed by atoms with Crippen molar-refractivity contribution in [2.75, 3.05) is 39.3 Å². The normalized spacial score (nSPS) is 19.2. The minimum absolute atomic E-state index is 0.162. The number of amides is 1. The van der Waals surface area contributed by atoms with Crippen molar-refractivity contribution in [2.45, 2.75) is 70.9 Å². The molecule has 0 saturated carbocycles. The van der Waals surface area contributed by atoms with E-state index in [0.29, 0.717) is 24.9 Å². The van der Waals surface area contributed by atoms with Gasteiger partial charge in [0.05, 0.1) is 0 Å². The lowest BCUT2D eigenvalue weighted by molar-refractivity contribution is -0.143. The van der Waals surface area contributed by atoms with Crippen LogP contribution >= 0.6 is 0 Å². The zero-order chi connectivity index (χ0) is 27.9. The van der Waals surface area contributed by atoms with Crippen molar-refractivity contribution in [1.29, 1.82) is 0 Å². The predicted octanol–water partition coefficient (Wildman–Crippen LogP) is 4.70. The number of piperidine rings is 1. The van der Waals surface area contributed by atoms with Crippen molar-refractivity contribution in [1.82, 2.24) is 20.2 Å². The fourth-order valence-electron chi connectivity index (χ4n) is 5.62. The third-order valence-electron chi connectivity index (χ3n) is 7.80. The Kier molecular flexibility index (Phi) is 13.5. The molecule has 2 aliphatic heterocycles. The van der Waals surface area contributed by atoms with E-state index in [0.717, 1.165) is 71.2 Å². The van der Waals surface area contributed by atoms with Gasteiger partial charge in [0.1, 0.15) is 6.04 Å². The Labute approximate surface area is 235 Å². The van der Waals surface area contributed by atoms with Gasteiger partial charge in [-0.3, -0.25) is 19.5 Å². The number of carboxylic acid groups (broad SMARTS) is 1. The van der Waals surface area contributed by atoms with Gasteiger partial charge >= 0.3 is 5.97 Å². The highest BCUT2D eigenvalue weighted by molar-refractivity contribution is 5.76. The van der Waals surface area contributed by atoms with Crippen molar-refractivity contribution in [3.63, 3.8) is 0 Å². The Morgan fingerprint density at radius 3 is 2.13 bits per heavy atom. The molecule has 0 bridgehead atoms. The Morgan fingerprint density at radius 2 is 1.56 bits per heavy atom. The highest BCUT2D eigenvalue weighted by atomic mass is 16.4. The van der Waals surface area contributed by atoms with E-state index in [1.165, 1.54) is 5.56 Å². The molecule has 7 nitrogen and oxygen atoms in total. The number of nitrogens with zero attached hydrogens (tertiary/aromatic N) is 3. The first kappa shape index (κ1) is 30.8. The number of likely N-dealkylation sites (tertiary alicyclic amines) is 2. The molecule has 2 saturated heterocycles. The highest BCUT2D eigenvalue weighted by Crippen LogP contribution is 2.23. The molecule has 1 amide bonds. The Morgan fingerprint density at radius 1 is 0.949 bits per heavy atom. The number of benzene rings is 2. The highest BCUT2D eigenvalue weighted by Gasteiger charge is 2.33. The van der Waals surface area contributed by atoms with Crippen LogP contribution in [0.25, 0.3) is 0 Å². The SMILES string of the molecule is CCCC(C(=O)O)N1CCC(CN2CCC(NN(CC)C(=O)CCc3ccccc3)CC2)C1.c1ccccc1. The quantitative estimate of drug-likeness (QED) is 0.383. The van der Waals surface area contributed by atoms with E-state index in [4.69, 9.17) is 0 Å². The minimum atomic E-state index is -0.678. The van der Waals surface area contributed by atoms with Crippen molar-refractivity contribution in [2.24, 2.45) is 5.92 Å². The number of hydrogen-bond donors (Lipinski definition) is 2. The summed E-state index contributed by atoms with van der Waals surface area (Å²) in [6.45, 7) is 9.66. The number of aryl methyl sites for hydroxylation is 1. The average molecular weight is 537 g/mol. The van der Waals surface area contributed by atoms with Gasteiger partial charge in [0.25, 0.3) is 0 Å². The molecule has 0 aliphatic carbocycles. The standard InChI is InChI=1S/C26H42N4O3.C6H6/c1-3-8-24(26(32)33)29-18-13-22(20-29)19-28-16-14-23(15-17-28)27-30(4-2)25(31)12-11-21-9-6-5-7-10-21;1-2-4-6-5-3-1/h5-7,9-10,22-24,27H,3-4,8,11-20H2,1-2H3,(H,32,33);1-6H. The number of rotatable bonds is 12. The molecule has 2 atom stereocenters. The maximum atomic E-state index is 12.7. The van der Waals surface area contributed by atoms with Crippen LogP contribution in [0.2, 0.25) is 0 Å². The van der Waals surface area contributed by atoms with Crippen LogP contribution in [0.5, 0.6) is 0 Å². The first-order valence-corrected chi connectivity index (χ1v) is 14.8. The summed E-state index contributed by atoms with van der Waals surface area (Å²) in [7, 11) is 0. The van der Waals surface area contributed by atoms with Crippen LogP contribution < -0.4 is 5.43 Å². The van der Waals surface area contributed by atoms with Gasteiger partial charge in [-0.25, -0.2) is 5.43 Å².